The molecule has 0 aromatic heterocycles. The molecule has 0 amide bonds. The second-order valence-corrected chi connectivity index (χ2v) is 15.0. The van der Waals surface area contributed by atoms with Gasteiger partial charge in [-0.05, 0) is 118 Å². The van der Waals surface area contributed by atoms with E-state index in [0.29, 0.717) is 34.6 Å². The van der Waals surface area contributed by atoms with Crippen molar-refractivity contribution in [2.75, 3.05) is 0 Å². The highest BCUT2D eigenvalue weighted by Gasteiger charge is 2.80. The highest BCUT2D eigenvalue weighted by atomic mass is 16.6. The molecule has 12 atom stereocenters. The Balaban J connectivity index is 1.33. The van der Waals surface area contributed by atoms with Gasteiger partial charge in [0, 0.05) is 18.0 Å². The molecule has 2 N–H and O–H groups in total. The molecule has 3 heterocycles. The van der Waals surface area contributed by atoms with Crippen LogP contribution in [-0.4, -0.2) is 34.9 Å². The monoisotopic (exact) mass is 469 g/mol. The first-order valence-electron chi connectivity index (χ1n) is 14.7. The average Bonchev–Trinajstić information content (AvgIpc) is 3.40. The Morgan fingerprint density at radius 1 is 1.03 bits per heavy atom. The predicted octanol–water partition coefficient (Wildman–Crippen LogP) is 5.47. The van der Waals surface area contributed by atoms with Crippen LogP contribution < -0.4 is 5.32 Å². The Hall–Kier alpha value is -0.610. The zero-order valence-electron chi connectivity index (χ0n) is 22.2. The lowest BCUT2D eigenvalue weighted by Gasteiger charge is -2.76. The molecule has 5 saturated carbocycles. The molecule has 1 spiro atoms. The summed E-state index contributed by atoms with van der Waals surface area (Å²) in [4.78, 5) is 13.1. The molecule has 34 heavy (non-hydrogen) atoms. The van der Waals surface area contributed by atoms with Crippen LogP contribution in [0.5, 0.6) is 0 Å². The van der Waals surface area contributed by atoms with Gasteiger partial charge in [0.1, 0.15) is 5.60 Å². The van der Waals surface area contributed by atoms with E-state index in [-0.39, 0.29) is 11.9 Å². The van der Waals surface area contributed by atoms with Crippen LogP contribution in [-0.2, 0) is 9.53 Å². The van der Waals surface area contributed by atoms with Crippen molar-refractivity contribution in [1.82, 2.24) is 5.32 Å². The largest absolute Gasteiger partial charge is 0.459 e. The molecule has 8 aliphatic rings. The van der Waals surface area contributed by atoms with Crippen LogP contribution in [0.25, 0.3) is 0 Å². The van der Waals surface area contributed by atoms with Crippen LogP contribution in [0.2, 0.25) is 0 Å². The number of esters is 1. The second kappa shape index (κ2) is 6.63. The number of piperidine rings is 2. The number of hydrogen-bond acceptors (Lipinski definition) is 4. The highest BCUT2D eigenvalue weighted by molar-refractivity contribution is 5.81. The molecule has 3 aliphatic heterocycles. The van der Waals surface area contributed by atoms with Gasteiger partial charge in [-0.1, -0.05) is 27.2 Å². The van der Waals surface area contributed by atoms with Crippen LogP contribution in [0.15, 0.2) is 0 Å². The number of carbonyl (C=O) groups is 1. The minimum atomic E-state index is -0.733. The molecule has 8 rings (SSSR count). The summed E-state index contributed by atoms with van der Waals surface area (Å²) in [5, 5.41) is 15.5. The van der Waals surface area contributed by atoms with E-state index in [1.807, 2.05) is 6.92 Å². The summed E-state index contributed by atoms with van der Waals surface area (Å²) in [6.07, 6.45) is 13.0. The van der Waals surface area contributed by atoms with E-state index >= 15 is 0 Å². The van der Waals surface area contributed by atoms with Gasteiger partial charge in [-0.2, -0.15) is 0 Å². The fourth-order valence-corrected chi connectivity index (χ4v) is 12.7. The minimum absolute atomic E-state index is 0.127. The number of ether oxygens (including phenoxy) is 1. The molecule has 4 nitrogen and oxygen atoms in total. The van der Waals surface area contributed by atoms with Gasteiger partial charge in [0.25, 0.3) is 0 Å². The third-order valence-corrected chi connectivity index (χ3v) is 14.2. The first kappa shape index (κ1) is 22.6. The third kappa shape index (κ3) is 2.22. The number of carbonyl (C=O) groups excluding carboxylic acids is 1. The van der Waals surface area contributed by atoms with E-state index in [1.54, 1.807) is 0 Å². The van der Waals surface area contributed by atoms with Crippen molar-refractivity contribution in [3.05, 3.63) is 0 Å². The summed E-state index contributed by atoms with van der Waals surface area (Å²) in [6, 6.07) is 1.36. The molecule has 0 unspecified atom stereocenters. The SMILES string of the molecule is CC(C)[C@H]1CC[C@@]2(C)[C@@H]3CC[C@]45CCC[C@H]4[C@@]2(CC[C@H]2[C@]4(C)C(=O)O[C@@]2(C)CC[C@@H]4O)[C@H]1N[C@H]35. The molecule has 3 saturated heterocycles. The number of aliphatic hydroxyl groups is 1. The van der Waals surface area contributed by atoms with Crippen molar-refractivity contribution >= 4 is 5.97 Å². The first-order valence-corrected chi connectivity index (χ1v) is 14.7. The van der Waals surface area contributed by atoms with E-state index < -0.39 is 17.1 Å². The number of hydrogen-bond donors (Lipinski definition) is 2. The van der Waals surface area contributed by atoms with Gasteiger partial charge in [0.2, 0.25) is 0 Å². The Morgan fingerprint density at radius 3 is 2.59 bits per heavy atom. The van der Waals surface area contributed by atoms with Gasteiger partial charge in [-0.25, -0.2) is 0 Å². The Morgan fingerprint density at radius 2 is 1.82 bits per heavy atom. The topological polar surface area (TPSA) is 58.6 Å². The molecule has 0 aromatic carbocycles. The quantitative estimate of drug-likeness (QED) is 0.536. The first-order chi connectivity index (χ1) is 16.0. The van der Waals surface area contributed by atoms with Crippen LogP contribution in [0, 0.1) is 51.2 Å². The van der Waals surface area contributed by atoms with Crippen molar-refractivity contribution in [2.45, 2.75) is 129 Å². The maximum atomic E-state index is 13.1. The Kier molecular flexibility index (Phi) is 4.40. The van der Waals surface area contributed by atoms with Crippen molar-refractivity contribution in [1.29, 1.82) is 0 Å². The summed E-state index contributed by atoms with van der Waals surface area (Å²) in [5.41, 5.74) is 0.130. The molecule has 8 bridgehead atoms. The Bertz CT molecular complexity index is 919. The van der Waals surface area contributed by atoms with Gasteiger partial charge in [-0.3, -0.25) is 4.79 Å². The van der Waals surface area contributed by atoms with Gasteiger partial charge in [0.15, 0.2) is 0 Å². The van der Waals surface area contributed by atoms with E-state index in [4.69, 9.17) is 4.74 Å². The molecular formula is C30H47NO3. The zero-order chi connectivity index (χ0) is 23.9. The highest BCUT2D eigenvalue weighted by Crippen LogP contribution is 2.81. The van der Waals surface area contributed by atoms with Crippen LogP contribution in [0.3, 0.4) is 0 Å². The smallest absolute Gasteiger partial charge is 0.315 e. The maximum absolute atomic E-state index is 13.1. The van der Waals surface area contributed by atoms with Gasteiger partial charge < -0.3 is 15.2 Å². The van der Waals surface area contributed by atoms with E-state index in [2.05, 4.69) is 33.0 Å². The standard InChI is InChI=1S/C30H47NO3/c1-17(2)18-8-13-26(3)19-9-15-29-12-6-7-21(29)30(26,23(18)31-24(19)29)16-10-20-27(4)14-11-22(32)28(20,5)25(33)34-27/h17-24,31-32H,6-16H2,1-5H3/t18-,19-,20-,21-,22+,23+,24-,26+,27+,28+,29-,30+/m1/s1. The molecular weight excluding hydrogens is 422 g/mol. The summed E-state index contributed by atoms with van der Waals surface area (Å²) in [7, 11) is 0. The maximum Gasteiger partial charge on any atom is 0.315 e. The summed E-state index contributed by atoms with van der Waals surface area (Å²) < 4.78 is 6.08. The molecule has 5 aliphatic carbocycles. The number of aliphatic hydroxyl groups excluding tert-OH is 1. The van der Waals surface area contributed by atoms with Crippen LogP contribution in [0.1, 0.15) is 105 Å². The number of fused-ring (bicyclic) bond motifs is 2. The van der Waals surface area contributed by atoms with E-state index in [9.17, 15) is 9.90 Å². The summed E-state index contributed by atoms with van der Waals surface area (Å²) >= 11 is 0. The van der Waals surface area contributed by atoms with E-state index in [1.165, 1.54) is 51.4 Å². The Labute approximate surface area is 206 Å². The van der Waals surface area contributed by atoms with E-state index in [0.717, 1.165) is 36.6 Å². The fourth-order valence-electron chi connectivity index (χ4n) is 12.7. The summed E-state index contributed by atoms with van der Waals surface area (Å²) in [6.45, 7) is 11.8. The fraction of sp³-hybridized carbons (Fsp3) is 0.967. The number of nitrogens with one attached hydrogen (secondary N) is 1. The third-order valence-electron chi connectivity index (χ3n) is 14.2. The molecule has 0 aromatic rings. The lowest BCUT2D eigenvalue weighted by atomic mass is 9.33. The molecule has 190 valence electrons. The average molecular weight is 470 g/mol. The lowest BCUT2D eigenvalue weighted by Crippen LogP contribution is -2.80. The molecule has 4 heteroatoms. The predicted molar refractivity (Wildman–Crippen MR) is 132 cm³/mol. The van der Waals surface area contributed by atoms with Crippen LogP contribution in [0.4, 0.5) is 0 Å². The van der Waals surface area contributed by atoms with Gasteiger partial charge in [-0.15, -0.1) is 0 Å². The number of rotatable bonds is 4. The molecule has 8 fully saturated rings. The van der Waals surface area contributed by atoms with Crippen molar-refractivity contribution < 1.29 is 14.6 Å². The van der Waals surface area contributed by atoms with Gasteiger partial charge >= 0.3 is 5.97 Å². The lowest BCUT2D eigenvalue weighted by molar-refractivity contribution is -0.249. The normalized spacial score (nSPS) is 61.1. The summed E-state index contributed by atoms with van der Waals surface area (Å²) in [5.74, 6) is 3.11. The molecule has 0 radical (unpaired) electrons. The van der Waals surface area contributed by atoms with Crippen LogP contribution >= 0.6 is 0 Å². The van der Waals surface area contributed by atoms with Crippen molar-refractivity contribution in [2.24, 2.45) is 51.2 Å². The van der Waals surface area contributed by atoms with Gasteiger partial charge in [0.05, 0.1) is 11.5 Å². The minimum Gasteiger partial charge on any atom is -0.459 e. The van der Waals surface area contributed by atoms with Crippen molar-refractivity contribution in [3.8, 4) is 0 Å². The van der Waals surface area contributed by atoms with Crippen molar-refractivity contribution in [3.63, 3.8) is 0 Å². The second-order valence-electron chi connectivity index (χ2n) is 15.0. The zero-order valence-corrected chi connectivity index (χ0v) is 22.2.